The molecule has 0 aliphatic heterocycles. The van der Waals surface area contributed by atoms with E-state index in [-0.39, 0.29) is 6.04 Å². The van der Waals surface area contributed by atoms with Crippen molar-refractivity contribution in [2.24, 2.45) is 0 Å². The Labute approximate surface area is 117 Å². The van der Waals surface area contributed by atoms with Gasteiger partial charge < -0.3 is 5.32 Å². The van der Waals surface area contributed by atoms with E-state index in [0.717, 1.165) is 22.0 Å². The molecular weight excluding hydrogens is 269 g/mol. The van der Waals surface area contributed by atoms with Crippen LogP contribution in [0.5, 0.6) is 0 Å². The Morgan fingerprint density at radius 3 is 2.50 bits per heavy atom. The zero-order valence-corrected chi connectivity index (χ0v) is 12.0. The number of hydrogen-bond donors (Lipinski definition) is 1. The molecule has 1 heterocycles. The normalized spacial score (nSPS) is 12.7. The molecule has 0 aliphatic carbocycles. The fraction of sp³-hybridized carbons (Fsp3) is 0.308. The van der Waals surface area contributed by atoms with E-state index in [1.165, 1.54) is 0 Å². The van der Waals surface area contributed by atoms with Crippen LogP contribution in [0.1, 0.15) is 24.2 Å². The lowest BCUT2D eigenvalue weighted by atomic mass is 10.1. The summed E-state index contributed by atoms with van der Waals surface area (Å²) in [6.45, 7) is 3.94. The molecule has 1 N–H and O–H groups in total. The maximum Gasteiger partial charge on any atom is 0.0819 e. The fourth-order valence-corrected chi connectivity index (χ4v) is 2.21. The first-order valence-electron chi connectivity index (χ1n) is 5.71. The molecule has 2 rings (SSSR count). The molecule has 2 aromatic rings. The van der Waals surface area contributed by atoms with E-state index in [2.05, 4.69) is 17.3 Å². The summed E-state index contributed by atoms with van der Waals surface area (Å²) in [4.78, 5) is 0. The van der Waals surface area contributed by atoms with Crippen molar-refractivity contribution >= 4 is 23.2 Å². The lowest BCUT2D eigenvalue weighted by molar-refractivity contribution is 0.652. The van der Waals surface area contributed by atoms with E-state index in [1.807, 2.05) is 32.2 Å². The molecular formula is C13H15Cl2N3. The third-order valence-electron chi connectivity index (χ3n) is 2.99. The molecule has 0 aliphatic rings. The Hall–Kier alpha value is -1.03. The summed E-state index contributed by atoms with van der Waals surface area (Å²) < 4.78 is 1.73. The number of halogens is 2. The van der Waals surface area contributed by atoms with E-state index < -0.39 is 0 Å². The SMILES string of the molecule is CNC(C)c1ccc(-n2cc(Cl)c(C)n2)cc1Cl. The molecule has 0 radical (unpaired) electrons. The Morgan fingerprint density at radius 2 is 2.00 bits per heavy atom. The van der Waals surface area contributed by atoms with Crippen LogP contribution in [0.4, 0.5) is 0 Å². The van der Waals surface area contributed by atoms with E-state index >= 15 is 0 Å². The molecule has 0 fully saturated rings. The van der Waals surface area contributed by atoms with Crippen molar-refractivity contribution in [1.82, 2.24) is 15.1 Å². The van der Waals surface area contributed by atoms with Gasteiger partial charge in [0.2, 0.25) is 0 Å². The monoisotopic (exact) mass is 283 g/mol. The minimum atomic E-state index is 0.217. The van der Waals surface area contributed by atoms with Crippen molar-refractivity contribution in [3.05, 3.63) is 45.7 Å². The van der Waals surface area contributed by atoms with Crippen molar-refractivity contribution in [2.45, 2.75) is 19.9 Å². The average Bonchev–Trinajstić information content (AvgIpc) is 2.68. The van der Waals surface area contributed by atoms with Crippen LogP contribution in [0.2, 0.25) is 10.0 Å². The Morgan fingerprint density at radius 1 is 1.28 bits per heavy atom. The predicted molar refractivity (Wildman–Crippen MR) is 75.8 cm³/mol. The molecule has 1 aromatic heterocycles. The molecule has 18 heavy (non-hydrogen) atoms. The molecule has 0 saturated carbocycles. The van der Waals surface area contributed by atoms with Gasteiger partial charge in [0.1, 0.15) is 0 Å². The highest BCUT2D eigenvalue weighted by molar-refractivity contribution is 6.31. The lowest BCUT2D eigenvalue weighted by Gasteiger charge is -2.13. The van der Waals surface area contributed by atoms with Gasteiger partial charge in [-0.1, -0.05) is 29.3 Å². The molecule has 1 atom stereocenters. The van der Waals surface area contributed by atoms with Crippen LogP contribution in [-0.2, 0) is 0 Å². The van der Waals surface area contributed by atoms with Crippen LogP contribution < -0.4 is 5.32 Å². The molecule has 1 unspecified atom stereocenters. The molecule has 96 valence electrons. The van der Waals surface area contributed by atoms with Crippen LogP contribution in [0, 0.1) is 6.92 Å². The minimum Gasteiger partial charge on any atom is -0.313 e. The van der Waals surface area contributed by atoms with Gasteiger partial charge in [-0.25, -0.2) is 4.68 Å². The van der Waals surface area contributed by atoms with Crippen LogP contribution in [0.15, 0.2) is 24.4 Å². The smallest absolute Gasteiger partial charge is 0.0819 e. The number of rotatable bonds is 3. The van der Waals surface area contributed by atoms with Crippen LogP contribution in [0.25, 0.3) is 5.69 Å². The average molecular weight is 284 g/mol. The van der Waals surface area contributed by atoms with Gasteiger partial charge in [0, 0.05) is 17.3 Å². The number of aromatic nitrogens is 2. The second-order valence-electron chi connectivity index (χ2n) is 4.22. The quantitative estimate of drug-likeness (QED) is 0.929. The van der Waals surface area contributed by atoms with Gasteiger partial charge in [-0.3, -0.25) is 0 Å². The van der Waals surface area contributed by atoms with Crippen LogP contribution >= 0.6 is 23.2 Å². The summed E-state index contributed by atoms with van der Waals surface area (Å²) in [5.41, 5.74) is 2.78. The standard InChI is InChI=1S/C13H15Cl2N3/c1-8(16-3)11-5-4-10(6-12(11)14)18-7-13(15)9(2)17-18/h4-8,16H,1-3H3. The van der Waals surface area contributed by atoms with Crippen molar-refractivity contribution in [1.29, 1.82) is 0 Å². The minimum absolute atomic E-state index is 0.217. The van der Waals surface area contributed by atoms with Gasteiger partial charge in [-0.15, -0.1) is 0 Å². The van der Waals surface area contributed by atoms with Gasteiger partial charge in [0.25, 0.3) is 0 Å². The van der Waals surface area contributed by atoms with E-state index in [0.29, 0.717) is 5.02 Å². The van der Waals surface area contributed by atoms with Crippen molar-refractivity contribution in [3.63, 3.8) is 0 Å². The maximum absolute atomic E-state index is 6.29. The predicted octanol–water partition coefficient (Wildman–Crippen LogP) is 3.77. The first-order valence-corrected chi connectivity index (χ1v) is 6.47. The molecule has 0 saturated heterocycles. The van der Waals surface area contributed by atoms with Gasteiger partial charge in [-0.05, 0) is 38.6 Å². The number of nitrogens with zero attached hydrogens (tertiary/aromatic N) is 2. The molecule has 0 amide bonds. The second kappa shape index (κ2) is 5.31. The first kappa shape index (κ1) is 13.4. The van der Waals surface area contributed by atoms with Crippen LogP contribution in [0.3, 0.4) is 0 Å². The van der Waals surface area contributed by atoms with E-state index in [9.17, 15) is 0 Å². The highest BCUT2D eigenvalue weighted by atomic mass is 35.5. The Kier molecular flexibility index (Phi) is 3.95. The summed E-state index contributed by atoms with van der Waals surface area (Å²) in [5.74, 6) is 0. The van der Waals surface area contributed by atoms with Gasteiger partial charge in [-0.2, -0.15) is 5.10 Å². The summed E-state index contributed by atoms with van der Waals surface area (Å²) in [7, 11) is 1.91. The third kappa shape index (κ3) is 2.53. The maximum atomic E-state index is 6.29. The highest BCUT2D eigenvalue weighted by Gasteiger charge is 2.10. The summed E-state index contributed by atoms with van der Waals surface area (Å²) >= 11 is 12.3. The van der Waals surface area contributed by atoms with Crippen LogP contribution in [-0.4, -0.2) is 16.8 Å². The molecule has 3 nitrogen and oxygen atoms in total. The fourth-order valence-electron chi connectivity index (χ4n) is 1.74. The van der Waals surface area contributed by atoms with Gasteiger partial charge >= 0.3 is 0 Å². The van der Waals surface area contributed by atoms with E-state index in [1.54, 1.807) is 10.9 Å². The van der Waals surface area contributed by atoms with Crippen molar-refractivity contribution < 1.29 is 0 Å². The molecule has 5 heteroatoms. The van der Waals surface area contributed by atoms with E-state index in [4.69, 9.17) is 23.2 Å². The number of aryl methyl sites for hydroxylation is 1. The molecule has 0 spiro atoms. The Balaban J connectivity index is 2.40. The highest BCUT2D eigenvalue weighted by Crippen LogP contribution is 2.26. The van der Waals surface area contributed by atoms with Gasteiger partial charge in [0.05, 0.1) is 16.4 Å². The molecule has 1 aromatic carbocycles. The Bertz CT molecular complexity index is 544. The number of hydrogen-bond acceptors (Lipinski definition) is 2. The van der Waals surface area contributed by atoms with Gasteiger partial charge in [0.15, 0.2) is 0 Å². The summed E-state index contributed by atoms with van der Waals surface area (Å²) in [5, 5.41) is 8.87. The topological polar surface area (TPSA) is 29.9 Å². The summed E-state index contributed by atoms with van der Waals surface area (Å²) in [6, 6.07) is 6.10. The zero-order valence-electron chi connectivity index (χ0n) is 10.5. The van der Waals surface area contributed by atoms with Crippen molar-refractivity contribution in [2.75, 3.05) is 7.05 Å². The first-order chi connectivity index (χ1) is 8.52. The number of nitrogens with one attached hydrogen (secondary N) is 1. The molecule has 0 bridgehead atoms. The van der Waals surface area contributed by atoms with Crippen molar-refractivity contribution in [3.8, 4) is 5.69 Å². The third-order valence-corrected chi connectivity index (χ3v) is 3.69. The number of benzene rings is 1. The zero-order chi connectivity index (χ0) is 13.3. The largest absolute Gasteiger partial charge is 0.313 e. The lowest BCUT2D eigenvalue weighted by Crippen LogP contribution is -2.12. The second-order valence-corrected chi connectivity index (χ2v) is 5.04. The summed E-state index contributed by atoms with van der Waals surface area (Å²) in [6.07, 6.45) is 1.78.